The smallest absolute Gasteiger partial charge is 0.373 e. The van der Waals surface area contributed by atoms with Gasteiger partial charge < -0.3 is 13.3 Å². The summed E-state index contributed by atoms with van der Waals surface area (Å²) in [4.78, 5) is 0. The fourth-order valence-electron chi connectivity index (χ4n) is 2.67. The molecule has 0 saturated carbocycles. The highest BCUT2D eigenvalue weighted by Crippen LogP contribution is 2.24. The molecular weight excluding hydrogens is 316 g/mol. The van der Waals surface area contributed by atoms with Gasteiger partial charge in [0.2, 0.25) is 0 Å². The largest absolute Gasteiger partial charge is 0.500 e. The van der Waals surface area contributed by atoms with Crippen LogP contribution in [0.2, 0.25) is 6.04 Å². The Morgan fingerprint density at radius 2 is 1.38 bits per heavy atom. The van der Waals surface area contributed by atoms with Crippen LogP contribution in [0.25, 0.3) is 0 Å². The highest BCUT2D eigenvalue weighted by atomic mass is 28.4. The second kappa shape index (κ2) is 13.8. The molecule has 0 fully saturated rings. The second-order valence-corrected chi connectivity index (χ2v) is 9.33. The Morgan fingerprint density at radius 1 is 0.833 bits per heavy atom. The summed E-state index contributed by atoms with van der Waals surface area (Å²) in [6, 6.07) is 0.946. The summed E-state index contributed by atoms with van der Waals surface area (Å²) in [5, 5.41) is 0. The van der Waals surface area contributed by atoms with Gasteiger partial charge in [0.1, 0.15) is 0 Å². The monoisotopic (exact) mass is 354 g/mol. The van der Waals surface area contributed by atoms with Crippen LogP contribution in [0.15, 0.2) is 23.8 Å². The molecule has 1 rings (SSSR count). The van der Waals surface area contributed by atoms with Crippen molar-refractivity contribution in [3.05, 3.63) is 23.8 Å². The molecule has 0 aromatic carbocycles. The first kappa shape index (κ1) is 21.6. The summed E-state index contributed by atoms with van der Waals surface area (Å²) in [7, 11) is -2.53. The third kappa shape index (κ3) is 9.16. The van der Waals surface area contributed by atoms with E-state index in [0.29, 0.717) is 0 Å². The van der Waals surface area contributed by atoms with Gasteiger partial charge in [-0.3, -0.25) is 0 Å². The molecule has 0 radical (unpaired) electrons. The van der Waals surface area contributed by atoms with E-state index in [1.807, 2.05) is 0 Å². The molecule has 0 heterocycles. The van der Waals surface area contributed by atoms with E-state index in [1.165, 1.54) is 5.57 Å². The Bertz CT molecular complexity index is 339. The molecule has 1 aliphatic carbocycles. The maximum atomic E-state index is 6.29. The molecule has 4 heteroatoms. The van der Waals surface area contributed by atoms with Crippen LogP contribution in [0.4, 0.5) is 0 Å². The molecule has 0 spiro atoms. The third-order valence-electron chi connectivity index (χ3n) is 4.29. The van der Waals surface area contributed by atoms with Gasteiger partial charge in [0.15, 0.2) is 0 Å². The van der Waals surface area contributed by atoms with Gasteiger partial charge in [0.25, 0.3) is 0 Å². The standard InChI is InChI=1S/C20H38O3Si/c1-4-7-16-21-24(22-17-8-5-2,23-18-9-6-3)19-12-15-20-13-10-11-14-20/h10-11,13H,4-9,12,14-19H2,1-3H3. The topological polar surface area (TPSA) is 27.7 Å². The van der Waals surface area contributed by atoms with E-state index in [9.17, 15) is 0 Å². The molecule has 0 amide bonds. The van der Waals surface area contributed by atoms with Crippen LogP contribution in [0.3, 0.4) is 0 Å². The predicted molar refractivity (Wildman–Crippen MR) is 104 cm³/mol. The molecule has 24 heavy (non-hydrogen) atoms. The number of allylic oxidation sites excluding steroid dienone is 4. The van der Waals surface area contributed by atoms with Crippen LogP contribution >= 0.6 is 0 Å². The molecule has 0 aromatic rings. The van der Waals surface area contributed by atoms with Gasteiger partial charge in [0, 0.05) is 25.9 Å². The molecule has 140 valence electrons. The minimum absolute atomic E-state index is 0.769. The summed E-state index contributed by atoms with van der Waals surface area (Å²) in [5.41, 5.74) is 1.52. The second-order valence-electron chi connectivity index (χ2n) is 6.60. The van der Waals surface area contributed by atoms with Crippen molar-refractivity contribution in [2.45, 2.75) is 84.6 Å². The summed E-state index contributed by atoms with van der Waals surface area (Å²) >= 11 is 0. The lowest BCUT2D eigenvalue weighted by Gasteiger charge is -2.30. The SMILES string of the molecule is CCCCO[Si](CCCC1=CC=CC1)(OCCCC)OCCCC. The maximum Gasteiger partial charge on any atom is 0.500 e. The van der Waals surface area contributed by atoms with Crippen molar-refractivity contribution in [1.82, 2.24) is 0 Å². The molecule has 0 N–H and O–H groups in total. The minimum atomic E-state index is -2.53. The zero-order valence-electron chi connectivity index (χ0n) is 16.1. The van der Waals surface area contributed by atoms with Crippen LogP contribution in [0.1, 0.15) is 78.6 Å². The van der Waals surface area contributed by atoms with E-state index in [2.05, 4.69) is 39.0 Å². The zero-order chi connectivity index (χ0) is 17.5. The lowest BCUT2D eigenvalue weighted by Crippen LogP contribution is -2.46. The van der Waals surface area contributed by atoms with Crippen LogP contribution in [0.5, 0.6) is 0 Å². The maximum absolute atomic E-state index is 6.29. The molecule has 1 aliphatic rings. The first-order valence-electron chi connectivity index (χ1n) is 10.0. The van der Waals surface area contributed by atoms with Gasteiger partial charge in [-0.15, -0.1) is 0 Å². The van der Waals surface area contributed by atoms with E-state index in [4.69, 9.17) is 13.3 Å². The Kier molecular flexibility index (Phi) is 12.5. The van der Waals surface area contributed by atoms with Crippen LogP contribution in [-0.2, 0) is 13.3 Å². The first-order valence-corrected chi connectivity index (χ1v) is 12.0. The van der Waals surface area contributed by atoms with Crippen LogP contribution in [0, 0.1) is 0 Å². The summed E-state index contributed by atoms with van der Waals surface area (Å²) < 4.78 is 18.9. The van der Waals surface area contributed by atoms with Gasteiger partial charge in [0.05, 0.1) is 0 Å². The number of rotatable bonds is 16. The van der Waals surface area contributed by atoms with E-state index >= 15 is 0 Å². The van der Waals surface area contributed by atoms with Crippen molar-refractivity contribution in [2.75, 3.05) is 19.8 Å². The molecule has 0 atom stereocenters. The molecule has 0 aliphatic heterocycles. The highest BCUT2D eigenvalue weighted by molar-refractivity contribution is 6.60. The van der Waals surface area contributed by atoms with Crippen LogP contribution < -0.4 is 0 Å². The molecule has 3 nitrogen and oxygen atoms in total. The summed E-state index contributed by atoms with van der Waals surface area (Å²) in [6.07, 6.45) is 16.7. The molecule has 0 aromatic heterocycles. The third-order valence-corrected chi connectivity index (χ3v) is 7.19. The fourth-order valence-corrected chi connectivity index (χ4v) is 5.33. The van der Waals surface area contributed by atoms with Gasteiger partial charge in [-0.1, -0.05) is 63.8 Å². The molecule has 0 unspecified atom stereocenters. The summed E-state index contributed by atoms with van der Waals surface area (Å²) in [5.74, 6) is 0. The average Bonchev–Trinajstić information content (AvgIpc) is 3.09. The van der Waals surface area contributed by atoms with Crippen molar-refractivity contribution >= 4 is 8.80 Å². The Labute approximate surface area is 150 Å². The van der Waals surface area contributed by atoms with Crippen molar-refractivity contribution in [2.24, 2.45) is 0 Å². The Morgan fingerprint density at radius 3 is 1.79 bits per heavy atom. The molecular formula is C20H38O3Si. The quantitative estimate of drug-likeness (QED) is 0.250. The predicted octanol–water partition coefficient (Wildman–Crippen LogP) is 6.04. The van der Waals surface area contributed by atoms with Crippen molar-refractivity contribution < 1.29 is 13.3 Å². The summed E-state index contributed by atoms with van der Waals surface area (Å²) in [6.45, 7) is 8.90. The number of hydrogen-bond donors (Lipinski definition) is 0. The van der Waals surface area contributed by atoms with Gasteiger partial charge >= 0.3 is 8.80 Å². The normalized spacial score (nSPS) is 14.4. The molecule has 0 saturated heterocycles. The lowest BCUT2D eigenvalue weighted by molar-refractivity contribution is 0.0558. The minimum Gasteiger partial charge on any atom is -0.373 e. The van der Waals surface area contributed by atoms with E-state index in [1.54, 1.807) is 0 Å². The van der Waals surface area contributed by atoms with E-state index in [-0.39, 0.29) is 0 Å². The average molecular weight is 355 g/mol. The van der Waals surface area contributed by atoms with Crippen molar-refractivity contribution in [3.63, 3.8) is 0 Å². The zero-order valence-corrected chi connectivity index (χ0v) is 17.1. The fraction of sp³-hybridized carbons (Fsp3) is 0.800. The van der Waals surface area contributed by atoms with Crippen molar-refractivity contribution in [1.29, 1.82) is 0 Å². The Balaban J connectivity index is 2.57. The number of unbranched alkanes of at least 4 members (excludes halogenated alkanes) is 3. The van der Waals surface area contributed by atoms with E-state index < -0.39 is 8.80 Å². The van der Waals surface area contributed by atoms with Gasteiger partial charge in [-0.2, -0.15) is 0 Å². The first-order chi connectivity index (χ1) is 11.8. The molecule has 0 bridgehead atoms. The van der Waals surface area contributed by atoms with Crippen LogP contribution in [-0.4, -0.2) is 28.6 Å². The van der Waals surface area contributed by atoms with Gasteiger partial charge in [-0.05, 0) is 38.5 Å². The Hall–Kier alpha value is -0.423. The number of hydrogen-bond acceptors (Lipinski definition) is 3. The lowest BCUT2D eigenvalue weighted by atomic mass is 10.1. The van der Waals surface area contributed by atoms with Crippen molar-refractivity contribution in [3.8, 4) is 0 Å². The van der Waals surface area contributed by atoms with Gasteiger partial charge in [-0.25, -0.2) is 0 Å². The van der Waals surface area contributed by atoms with E-state index in [0.717, 1.165) is 83.7 Å². The highest BCUT2D eigenvalue weighted by Gasteiger charge is 2.40.